The number of hydrogen-bond donors (Lipinski definition) is 1. The Balaban J connectivity index is 2.21. The summed E-state index contributed by atoms with van der Waals surface area (Å²) in [6.07, 6.45) is 1.03. The van der Waals surface area contributed by atoms with Gasteiger partial charge in [0.05, 0.1) is 9.50 Å². The van der Waals surface area contributed by atoms with Gasteiger partial charge < -0.3 is 10.2 Å². The van der Waals surface area contributed by atoms with Crippen LogP contribution in [0.15, 0.2) is 10.5 Å². The molecular weight excluding hydrogens is 359 g/mol. The van der Waals surface area contributed by atoms with E-state index in [9.17, 15) is 4.39 Å². The Labute approximate surface area is 135 Å². The Kier molecular flexibility index (Phi) is 4.28. The molecule has 1 aliphatic heterocycles. The van der Waals surface area contributed by atoms with E-state index >= 15 is 0 Å². The van der Waals surface area contributed by atoms with Crippen LogP contribution in [-0.2, 0) is 0 Å². The minimum Gasteiger partial charge on any atom is -0.355 e. The van der Waals surface area contributed by atoms with Crippen molar-refractivity contribution in [2.24, 2.45) is 0 Å². The van der Waals surface area contributed by atoms with Gasteiger partial charge in [-0.2, -0.15) is 0 Å². The van der Waals surface area contributed by atoms with Crippen molar-refractivity contribution in [3.63, 3.8) is 0 Å². The van der Waals surface area contributed by atoms with Crippen molar-refractivity contribution < 1.29 is 4.39 Å². The third-order valence-corrected chi connectivity index (χ3v) is 4.86. The number of aromatic nitrogens is 2. The summed E-state index contributed by atoms with van der Waals surface area (Å²) >= 11 is 9.27. The van der Waals surface area contributed by atoms with E-state index in [-0.39, 0.29) is 4.47 Å². The summed E-state index contributed by atoms with van der Waals surface area (Å²) in [6.45, 7) is 5.37. The van der Waals surface area contributed by atoms with Crippen LogP contribution in [0.2, 0.25) is 5.02 Å². The summed E-state index contributed by atoms with van der Waals surface area (Å²) in [4.78, 5) is 10.9. The highest BCUT2D eigenvalue weighted by molar-refractivity contribution is 9.10. The van der Waals surface area contributed by atoms with Crippen LogP contribution in [-0.4, -0.2) is 36.1 Å². The second-order valence-corrected chi connectivity index (χ2v) is 6.27. The molecule has 3 rings (SSSR count). The molecule has 112 valence electrons. The third-order valence-electron chi connectivity index (χ3n) is 3.56. The third kappa shape index (κ3) is 2.84. The summed E-state index contributed by atoms with van der Waals surface area (Å²) in [5, 5.41) is 4.34. The van der Waals surface area contributed by atoms with Crippen LogP contribution in [0, 0.1) is 12.7 Å². The number of halogens is 3. The fraction of sp³-hybridized carbons (Fsp3) is 0.429. The largest absolute Gasteiger partial charge is 0.355 e. The lowest BCUT2D eigenvalue weighted by Crippen LogP contribution is -2.29. The lowest BCUT2D eigenvalue weighted by molar-refractivity contribution is 0.629. The van der Waals surface area contributed by atoms with E-state index in [1.165, 1.54) is 0 Å². The molecule has 0 radical (unpaired) electrons. The van der Waals surface area contributed by atoms with Gasteiger partial charge in [0.2, 0.25) is 0 Å². The molecular formula is C14H15BrClFN4. The number of anilines is 1. The molecule has 2 aromatic rings. The molecule has 1 fully saturated rings. The molecule has 0 unspecified atom stereocenters. The smallest absolute Gasteiger partial charge is 0.165 e. The molecule has 0 aliphatic carbocycles. The van der Waals surface area contributed by atoms with Gasteiger partial charge in [0.1, 0.15) is 17.2 Å². The van der Waals surface area contributed by atoms with Gasteiger partial charge in [-0.25, -0.2) is 14.4 Å². The van der Waals surface area contributed by atoms with Gasteiger partial charge in [0.25, 0.3) is 0 Å². The molecule has 1 aromatic heterocycles. The van der Waals surface area contributed by atoms with Crippen LogP contribution in [0.5, 0.6) is 0 Å². The van der Waals surface area contributed by atoms with Gasteiger partial charge in [-0.05, 0) is 41.9 Å². The maximum atomic E-state index is 14.4. The number of aryl methyl sites for hydroxylation is 1. The normalized spacial score (nSPS) is 16.3. The molecule has 1 aliphatic rings. The SMILES string of the molecule is Cc1nc(N2CCCNCC2)c2cc(Cl)c(Br)c(F)c2n1. The summed E-state index contributed by atoms with van der Waals surface area (Å²) in [5.74, 6) is 0.884. The Hall–Kier alpha value is -0.980. The van der Waals surface area contributed by atoms with Gasteiger partial charge in [-0.3, -0.25) is 0 Å². The summed E-state index contributed by atoms with van der Waals surface area (Å²) in [5.41, 5.74) is 0.311. The molecule has 4 nitrogen and oxygen atoms in total. The predicted molar refractivity (Wildman–Crippen MR) is 86.6 cm³/mol. The molecule has 2 heterocycles. The van der Waals surface area contributed by atoms with E-state index in [2.05, 4.69) is 36.1 Å². The quantitative estimate of drug-likeness (QED) is 0.779. The topological polar surface area (TPSA) is 41.1 Å². The van der Waals surface area contributed by atoms with Crippen LogP contribution >= 0.6 is 27.5 Å². The maximum Gasteiger partial charge on any atom is 0.165 e. The van der Waals surface area contributed by atoms with Crippen molar-refractivity contribution in [2.45, 2.75) is 13.3 Å². The predicted octanol–water partition coefficient (Wildman–Crippen LogP) is 3.29. The first kappa shape index (κ1) is 14.9. The first-order valence-electron chi connectivity index (χ1n) is 6.85. The van der Waals surface area contributed by atoms with E-state index in [0.29, 0.717) is 21.7 Å². The Bertz CT molecular complexity index is 686. The summed E-state index contributed by atoms with van der Waals surface area (Å²) < 4.78 is 14.7. The van der Waals surface area contributed by atoms with Gasteiger partial charge in [-0.15, -0.1) is 0 Å². The Morgan fingerprint density at radius 2 is 2.14 bits per heavy atom. The molecule has 0 spiro atoms. The van der Waals surface area contributed by atoms with Gasteiger partial charge in [-0.1, -0.05) is 11.6 Å². The van der Waals surface area contributed by atoms with Crippen molar-refractivity contribution in [3.05, 3.63) is 27.2 Å². The second-order valence-electron chi connectivity index (χ2n) is 5.07. The minimum atomic E-state index is -0.433. The average molecular weight is 374 g/mol. The lowest BCUT2D eigenvalue weighted by atomic mass is 10.2. The van der Waals surface area contributed by atoms with Gasteiger partial charge in [0, 0.05) is 25.0 Å². The lowest BCUT2D eigenvalue weighted by Gasteiger charge is -2.23. The zero-order chi connectivity index (χ0) is 15.0. The number of benzene rings is 1. The van der Waals surface area contributed by atoms with E-state index in [1.54, 1.807) is 13.0 Å². The Morgan fingerprint density at radius 1 is 1.33 bits per heavy atom. The minimum absolute atomic E-state index is 0.248. The highest BCUT2D eigenvalue weighted by Crippen LogP contribution is 2.35. The number of nitrogens with one attached hydrogen (secondary N) is 1. The van der Waals surface area contributed by atoms with E-state index in [0.717, 1.165) is 38.4 Å². The second kappa shape index (κ2) is 6.02. The highest BCUT2D eigenvalue weighted by Gasteiger charge is 2.20. The summed E-state index contributed by atoms with van der Waals surface area (Å²) in [7, 11) is 0. The molecule has 0 bridgehead atoms. The average Bonchev–Trinajstić information content (AvgIpc) is 2.74. The van der Waals surface area contributed by atoms with Crippen molar-refractivity contribution >= 4 is 44.3 Å². The molecule has 1 N–H and O–H groups in total. The summed E-state index contributed by atoms with van der Waals surface area (Å²) in [6, 6.07) is 1.73. The van der Waals surface area contributed by atoms with Crippen LogP contribution in [0.4, 0.5) is 10.2 Å². The maximum absolute atomic E-state index is 14.4. The van der Waals surface area contributed by atoms with Crippen LogP contribution in [0.3, 0.4) is 0 Å². The number of rotatable bonds is 1. The first-order valence-corrected chi connectivity index (χ1v) is 8.02. The zero-order valence-electron chi connectivity index (χ0n) is 11.6. The number of nitrogens with zero attached hydrogens (tertiary/aromatic N) is 3. The molecule has 0 amide bonds. The highest BCUT2D eigenvalue weighted by atomic mass is 79.9. The monoisotopic (exact) mass is 372 g/mol. The fourth-order valence-corrected chi connectivity index (χ4v) is 3.06. The molecule has 1 aromatic carbocycles. The van der Waals surface area contributed by atoms with Gasteiger partial charge in [0.15, 0.2) is 5.82 Å². The number of hydrogen-bond acceptors (Lipinski definition) is 4. The molecule has 0 saturated carbocycles. The van der Waals surface area contributed by atoms with Crippen molar-refractivity contribution in [3.8, 4) is 0 Å². The first-order chi connectivity index (χ1) is 10.1. The molecule has 0 atom stereocenters. The van der Waals surface area contributed by atoms with Crippen LogP contribution in [0.1, 0.15) is 12.2 Å². The molecule has 21 heavy (non-hydrogen) atoms. The van der Waals surface area contributed by atoms with Crippen molar-refractivity contribution in [2.75, 3.05) is 31.1 Å². The van der Waals surface area contributed by atoms with E-state index in [1.807, 2.05) is 0 Å². The van der Waals surface area contributed by atoms with E-state index < -0.39 is 5.82 Å². The zero-order valence-corrected chi connectivity index (χ0v) is 13.9. The molecule has 7 heteroatoms. The van der Waals surface area contributed by atoms with Gasteiger partial charge >= 0.3 is 0 Å². The van der Waals surface area contributed by atoms with E-state index in [4.69, 9.17) is 11.6 Å². The fourth-order valence-electron chi connectivity index (χ4n) is 2.56. The van der Waals surface area contributed by atoms with Crippen molar-refractivity contribution in [1.82, 2.24) is 15.3 Å². The molecule has 1 saturated heterocycles. The number of fused-ring (bicyclic) bond motifs is 1. The van der Waals surface area contributed by atoms with Crippen LogP contribution in [0.25, 0.3) is 10.9 Å². The van der Waals surface area contributed by atoms with Crippen molar-refractivity contribution in [1.29, 1.82) is 0 Å². The van der Waals surface area contributed by atoms with Crippen LogP contribution < -0.4 is 10.2 Å². The Morgan fingerprint density at radius 3 is 2.95 bits per heavy atom. The standard InChI is InChI=1S/C14H15BrClFN4/c1-8-19-13-9(7-10(16)11(15)12(13)17)14(20-8)21-5-2-3-18-4-6-21/h7,18H,2-6H2,1H3.